The van der Waals surface area contributed by atoms with E-state index >= 15 is 0 Å². The summed E-state index contributed by atoms with van der Waals surface area (Å²) in [5.41, 5.74) is 4.24. The maximum absolute atomic E-state index is 4.57. The first-order chi connectivity index (χ1) is 9.90. The van der Waals surface area contributed by atoms with E-state index in [4.69, 9.17) is 0 Å². The zero-order valence-electron chi connectivity index (χ0n) is 10.7. The fourth-order valence-corrected chi connectivity index (χ4v) is 3.08. The average molecular weight is 280 g/mol. The van der Waals surface area contributed by atoms with E-state index in [2.05, 4.69) is 19.4 Å². The van der Waals surface area contributed by atoms with Gasteiger partial charge < -0.3 is 9.38 Å². The number of nitrogens with zero attached hydrogens (tertiary/aromatic N) is 3. The first kappa shape index (κ1) is 11.5. The van der Waals surface area contributed by atoms with Gasteiger partial charge in [-0.3, -0.25) is 0 Å². The number of benzene rings is 1. The van der Waals surface area contributed by atoms with Crippen molar-refractivity contribution in [2.75, 3.05) is 0 Å². The van der Waals surface area contributed by atoms with Gasteiger partial charge >= 0.3 is 0 Å². The zero-order valence-corrected chi connectivity index (χ0v) is 11.5. The number of fused-ring (bicyclic) bond motifs is 2. The molecule has 0 aliphatic carbocycles. The quantitative estimate of drug-likeness (QED) is 0.584. The first-order valence-electron chi connectivity index (χ1n) is 6.39. The molecule has 4 rings (SSSR count). The van der Waals surface area contributed by atoms with Crippen LogP contribution in [0.2, 0.25) is 0 Å². The van der Waals surface area contributed by atoms with E-state index in [1.807, 2.05) is 54.9 Å². The Morgan fingerprint density at radius 3 is 2.95 bits per heavy atom. The topological polar surface area (TPSA) is 46.0 Å². The van der Waals surface area contributed by atoms with Gasteiger partial charge in [0.1, 0.15) is 5.65 Å². The molecule has 0 aliphatic heterocycles. The van der Waals surface area contributed by atoms with Crippen molar-refractivity contribution in [1.82, 2.24) is 19.4 Å². The molecule has 0 radical (unpaired) electrons. The molecule has 0 atom stereocenters. The summed E-state index contributed by atoms with van der Waals surface area (Å²) in [6.45, 7) is 0. The molecule has 0 saturated carbocycles. The monoisotopic (exact) mass is 280 g/mol. The van der Waals surface area contributed by atoms with Gasteiger partial charge in [0.15, 0.2) is 5.16 Å². The standard InChI is InChI=1S/C15H12N4S/c1-2-6-13-12(5-1)17-15(18-13)20-10-11-9-16-14-7-3-4-8-19(11)14/h1-9H,10H2,(H,17,18). The van der Waals surface area contributed by atoms with Gasteiger partial charge in [0.25, 0.3) is 0 Å². The van der Waals surface area contributed by atoms with Crippen LogP contribution in [0.25, 0.3) is 16.7 Å². The molecule has 5 heteroatoms. The highest BCUT2D eigenvalue weighted by atomic mass is 32.2. The average Bonchev–Trinajstić information content (AvgIpc) is 3.08. The summed E-state index contributed by atoms with van der Waals surface area (Å²) in [4.78, 5) is 12.3. The molecule has 0 unspecified atom stereocenters. The normalized spacial score (nSPS) is 11.4. The second-order valence-corrected chi connectivity index (χ2v) is 5.49. The van der Waals surface area contributed by atoms with Crippen LogP contribution in [-0.2, 0) is 5.75 Å². The van der Waals surface area contributed by atoms with Crippen LogP contribution in [-0.4, -0.2) is 19.4 Å². The summed E-state index contributed by atoms with van der Waals surface area (Å²) >= 11 is 1.69. The number of rotatable bonds is 3. The van der Waals surface area contributed by atoms with E-state index in [1.165, 1.54) is 5.69 Å². The van der Waals surface area contributed by atoms with E-state index in [-0.39, 0.29) is 0 Å². The Bertz CT molecular complexity index is 844. The van der Waals surface area contributed by atoms with E-state index in [0.717, 1.165) is 27.6 Å². The number of aromatic nitrogens is 4. The van der Waals surface area contributed by atoms with Crippen molar-refractivity contribution in [2.45, 2.75) is 10.9 Å². The zero-order chi connectivity index (χ0) is 13.4. The molecule has 4 nitrogen and oxygen atoms in total. The third-order valence-corrected chi connectivity index (χ3v) is 4.12. The number of aromatic amines is 1. The van der Waals surface area contributed by atoms with Crippen molar-refractivity contribution >= 4 is 28.4 Å². The van der Waals surface area contributed by atoms with Crippen molar-refractivity contribution in [3.63, 3.8) is 0 Å². The van der Waals surface area contributed by atoms with Crippen LogP contribution in [0.15, 0.2) is 60.0 Å². The minimum absolute atomic E-state index is 0.838. The number of hydrogen-bond donors (Lipinski definition) is 1. The fraction of sp³-hybridized carbons (Fsp3) is 0.0667. The molecule has 1 N–H and O–H groups in total. The Labute approximate surface area is 119 Å². The van der Waals surface area contributed by atoms with Crippen LogP contribution in [0.1, 0.15) is 5.69 Å². The van der Waals surface area contributed by atoms with E-state index in [1.54, 1.807) is 11.8 Å². The van der Waals surface area contributed by atoms with Gasteiger partial charge in [-0.05, 0) is 24.3 Å². The lowest BCUT2D eigenvalue weighted by Crippen LogP contribution is -1.89. The highest BCUT2D eigenvalue weighted by Crippen LogP contribution is 2.23. The summed E-state index contributed by atoms with van der Waals surface area (Å²) in [6, 6.07) is 14.1. The molecule has 0 amide bonds. The highest BCUT2D eigenvalue weighted by Gasteiger charge is 2.06. The molecule has 0 spiro atoms. The number of para-hydroxylation sites is 2. The van der Waals surface area contributed by atoms with E-state index in [0.29, 0.717) is 0 Å². The van der Waals surface area contributed by atoms with Crippen LogP contribution in [0.4, 0.5) is 0 Å². The second kappa shape index (κ2) is 4.68. The van der Waals surface area contributed by atoms with Gasteiger partial charge in [0.05, 0.1) is 22.9 Å². The van der Waals surface area contributed by atoms with Gasteiger partial charge in [-0.25, -0.2) is 9.97 Å². The van der Waals surface area contributed by atoms with Crippen LogP contribution in [0.5, 0.6) is 0 Å². The molecule has 0 aliphatic rings. The highest BCUT2D eigenvalue weighted by molar-refractivity contribution is 7.98. The Morgan fingerprint density at radius 1 is 1.10 bits per heavy atom. The van der Waals surface area contributed by atoms with Crippen LogP contribution in [0.3, 0.4) is 0 Å². The molecule has 4 aromatic rings. The van der Waals surface area contributed by atoms with Crippen LogP contribution in [0, 0.1) is 0 Å². The SMILES string of the molecule is c1ccc2[nH]c(SCc3cnc4ccccn34)nc2c1. The van der Waals surface area contributed by atoms with Gasteiger partial charge in [0.2, 0.25) is 0 Å². The third-order valence-electron chi connectivity index (χ3n) is 3.22. The molecule has 0 fully saturated rings. The van der Waals surface area contributed by atoms with E-state index < -0.39 is 0 Å². The molecule has 3 aromatic heterocycles. The summed E-state index contributed by atoms with van der Waals surface area (Å²) < 4.78 is 2.11. The number of pyridine rings is 1. The van der Waals surface area contributed by atoms with E-state index in [9.17, 15) is 0 Å². The van der Waals surface area contributed by atoms with Crippen molar-refractivity contribution in [3.8, 4) is 0 Å². The number of thioether (sulfide) groups is 1. The molecular weight excluding hydrogens is 268 g/mol. The predicted octanol–water partition coefficient (Wildman–Crippen LogP) is 3.50. The second-order valence-electron chi connectivity index (χ2n) is 4.53. The number of H-pyrrole nitrogens is 1. The van der Waals surface area contributed by atoms with Gasteiger partial charge in [-0.2, -0.15) is 0 Å². The summed E-state index contributed by atoms with van der Waals surface area (Å²) in [7, 11) is 0. The molecule has 20 heavy (non-hydrogen) atoms. The summed E-state index contributed by atoms with van der Waals surface area (Å²) in [6.07, 6.45) is 3.96. The first-order valence-corrected chi connectivity index (χ1v) is 7.37. The van der Waals surface area contributed by atoms with Gasteiger partial charge in [-0.15, -0.1) is 0 Å². The maximum atomic E-state index is 4.57. The fourth-order valence-electron chi connectivity index (χ4n) is 2.23. The maximum Gasteiger partial charge on any atom is 0.166 e. The van der Waals surface area contributed by atoms with Crippen LogP contribution < -0.4 is 0 Å². The number of hydrogen-bond acceptors (Lipinski definition) is 3. The van der Waals surface area contributed by atoms with Crippen LogP contribution >= 0.6 is 11.8 Å². The third kappa shape index (κ3) is 1.96. The summed E-state index contributed by atoms with van der Waals surface area (Å²) in [5, 5.41) is 0.942. The summed E-state index contributed by atoms with van der Waals surface area (Å²) in [5.74, 6) is 0.838. The largest absolute Gasteiger partial charge is 0.333 e. The van der Waals surface area contributed by atoms with Crippen molar-refractivity contribution in [3.05, 3.63) is 60.6 Å². The number of nitrogens with one attached hydrogen (secondary N) is 1. The lowest BCUT2D eigenvalue weighted by molar-refractivity contribution is 1.06. The number of imidazole rings is 2. The Balaban J connectivity index is 1.60. The predicted molar refractivity (Wildman–Crippen MR) is 80.8 cm³/mol. The molecule has 0 saturated heterocycles. The van der Waals surface area contributed by atoms with Crippen molar-refractivity contribution < 1.29 is 0 Å². The Kier molecular flexibility index (Phi) is 2.70. The molecule has 98 valence electrons. The minimum Gasteiger partial charge on any atom is -0.333 e. The van der Waals surface area contributed by atoms with Gasteiger partial charge in [-0.1, -0.05) is 30.0 Å². The lowest BCUT2D eigenvalue weighted by atomic mass is 10.3. The van der Waals surface area contributed by atoms with Gasteiger partial charge in [0, 0.05) is 11.9 Å². The Hall–Kier alpha value is -2.27. The molecule has 1 aromatic carbocycles. The smallest absolute Gasteiger partial charge is 0.166 e. The van der Waals surface area contributed by atoms with Crippen molar-refractivity contribution in [1.29, 1.82) is 0 Å². The molecular formula is C15H12N4S. The molecule has 0 bridgehead atoms. The lowest BCUT2D eigenvalue weighted by Gasteiger charge is -1.99. The Morgan fingerprint density at radius 2 is 2.00 bits per heavy atom. The molecule has 3 heterocycles. The minimum atomic E-state index is 0.838. The van der Waals surface area contributed by atoms with Crippen molar-refractivity contribution in [2.24, 2.45) is 0 Å².